The number of amides is 1. The molecule has 1 heterocycles. The van der Waals surface area contributed by atoms with Crippen LogP contribution in [-0.4, -0.2) is 48.7 Å². The van der Waals surface area contributed by atoms with Crippen LogP contribution in [0.15, 0.2) is 0 Å². The molecule has 4 N–H and O–H groups in total. The van der Waals surface area contributed by atoms with E-state index in [1.807, 2.05) is 0 Å². The Morgan fingerprint density at radius 2 is 2.14 bits per heavy atom. The van der Waals surface area contributed by atoms with Crippen molar-refractivity contribution >= 4 is 5.91 Å². The van der Waals surface area contributed by atoms with Gasteiger partial charge in [-0.1, -0.05) is 0 Å². The number of primary amides is 1. The molecule has 2 aliphatic rings. The molecule has 1 unspecified atom stereocenters. The SMILES string of the molecule is NC(=O)C1COCCN1C1CC(N)C1. The molecule has 2 rings (SSSR count). The maximum atomic E-state index is 11.2. The number of hydrogen-bond donors (Lipinski definition) is 2. The van der Waals surface area contributed by atoms with Crippen LogP contribution in [0.25, 0.3) is 0 Å². The monoisotopic (exact) mass is 199 g/mol. The fraction of sp³-hybridized carbons (Fsp3) is 0.889. The molecule has 1 saturated heterocycles. The number of nitrogens with two attached hydrogens (primary N) is 2. The van der Waals surface area contributed by atoms with Crippen LogP contribution < -0.4 is 11.5 Å². The van der Waals surface area contributed by atoms with E-state index in [2.05, 4.69) is 4.90 Å². The Morgan fingerprint density at radius 3 is 2.71 bits per heavy atom. The Balaban J connectivity index is 1.96. The minimum absolute atomic E-state index is 0.249. The van der Waals surface area contributed by atoms with Gasteiger partial charge in [0.2, 0.25) is 5.91 Å². The summed E-state index contributed by atoms with van der Waals surface area (Å²) < 4.78 is 5.25. The van der Waals surface area contributed by atoms with Crippen LogP contribution in [0.1, 0.15) is 12.8 Å². The van der Waals surface area contributed by atoms with Crippen LogP contribution in [0.2, 0.25) is 0 Å². The van der Waals surface area contributed by atoms with Gasteiger partial charge in [-0.3, -0.25) is 9.69 Å². The lowest BCUT2D eigenvalue weighted by atomic mass is 9.85. The molecule has 0 radical (unpaired) electrons. The average Bonchev–Trinajstić information content (AvgIpc) is 2.13. The van der Waals surface area contributed by atoms with Crippen LogP contribution in [0.3, 0.4) is 0 Å². The molecule has 2 fully saturated rings. The first-order valence-corrected chi connectivity index (χ1v) is 5.07. The molecule has 1 saturated carbocycles. The van der Waals surface area contributed by atoms with Gasteiger partial charge >= 0.3 is 0 Å². The third-order valence-corrected chi connectivity index (χ3v) is 3.12. The summed E-state index contributed by atoms with van der Waals surface area (Å²) in [6.07, 6.45) is 1.95. The summed E-state index contributed by atoms with van der Waals surface area (Å²) in [5.41, 5.74) is 11.0. The summed E-state index contributed by atoms with van der Waals surface area (Å²) in [5.74, 6) is -0.287. The maximum Gasteiger partial charge on any atom is 0.237 e. The van der Waals surface area contributed by atoms with E-state index < -0.39 is 0 Å². The van der Waals surface area contributed by atoms with E-state index in [-0.39, 0.29) is 11.9 Å². The number of ether oxygens (including phenoxy) is 1. The molecule has 0 bridgehead atoms. The van der Waals surface area contributed by atoms with Gasteiger partial charge < -0.3 is 16.2 Å². The molecule has 1 amide bonds. The summed E-state index contributed by atoms with van der Waals surface area (Å²) in [6, 6.07) is 0.490. The zero-order valence-corrected chi connectivity index (χ0v) is 8.19. The predicted octanol–water partition coefficient (Wildman–Crippen LogP) is -1.34. The van der Waals surface area contributed by atoms with E-state index in [0.29, 0.717) is 25.3 Å². The molecular formula is C9H17N3O2. The van der Waals surface area contributed by atoms with Crippen LogP contribution in [0, 0.1) is 0 Å². The number of nitrogens with zero attached hydrogens (tertiary/aromatic N) is 1. The van der Waals surface area contributed by atoms with Crippen molar-refractivity contribution in [2.24, 2.45) is 11.5 Å². The number of morpholine rings is 1. The molecule has 0 spiro atoms. The molecule has 1 atom stereocenters. The van der Waals surface area contributed by atoms with E-state index >= 15 is 0 Å². The molecule has 80 valence electrons. The highest BCUT2D eigenvalue weighted by atomic mass is 16.5. The molecule has 0 aromatic carbocycles. The number of rotatable bonds is 2. The summed E-state index contributed by atoms with van der Waals surface area (Å²) in [4.78, 5) is 13.3. The quantitative estimate of drug-likeness (QED) is 0.577. The van der Waals surface area contributed by atoms with Crippen LogP contribution >= 0.6 is 0 Å². The first-order valence-electron chi connectivity index (χ1n) is 5.07. The van der Waals surface area contributed by atoms with Crippen molar-refractivity contribution in [1.82, 2.24) is 4.90 Å². The van der Waals surface area contributed by atoms with E-state index in [9.17, 15) is 4.79 Å². The van der Waals surface area contributed by atoms with Gasteiger partial charge in [-0.25, -0.2) is 0 Å². The Kier molecular flexibility index (Phi) is 2.71. The average molecular weight is 199 g/mol. The molecule has 14 heavy (non-hydrogen) atoms. The number of hydrogen-bond acceptors (Lipinski definition) is 4. The van der Waals surface area contributed by atoms with Gasteiger partial charge in [-0.15, -0.1) is 0 Å². The molecule has 5 heteroatoms. The van der Waals surface area contributed by atoms with E-state index in [0.717, 1.165) is 19.4 Å². The van der Waals surface area contributed by atoms with Crippen molar-refractivity contribution in [3.05, 3.63) is 0 Å². The zero-order valence-electron chi connectivity index (χ0n) is 8.19. The lowest BCUT2D eigenvalue weighted by Crippen LogP contribution is -2.61. The Hall–Kier alpha value is -0.650. The van der Waals surface area contributed by atoms with Crippen molar-refractivity contribution in [3.8, 4) is 0 Å². The van der Waals surface area contributed by atoms with E-state index in [4.69, 9.17) is 16.2 Å². The smallest absolute Gasteiger partial charge is 0.237 e. The van der Waals surface area contributed by atoms with Crippen LogP contribution in [-0.2, 0) is 9.53 Å². The molecule has 5 nitrogen and oxygen atoms in total. The van der Waals surface area contributed by atoms with Crippen LogP contribution in [0.4, 0.5) is 0 Å². The van der Waals surface area contributed by atoms with Gasteiger partial charge in [0.05, 0.1) is 13.2 Å². The van der Waals surface area contributed by atoms with Gasteiger partial charge in [0.25, 0.3) is 0 Å². The second kappa shape index (κ2) is 3.84. The first-order chi connectivity index (χ1) is 6.68. The van der Waals surface area contributed by atoms with Gasteiger partial charge in [0.1, 0.15) is 6.04 Å². The third kappa shape index (κ3) is 1.75. The number of carbonyl (C=O) groups excluding carboxylic acids is 1. The second-order valence-electron chi connectivity index (χ2n) is 4.12. The van der Waals surface area contributed by atoms with Crippen molar-refractivity contribution < 1.29 is 9.53 Å². The van der Waals surface area contributed by atoms with Gasteiger partial charge in [0.15, 0.2) is 0 Å². The highest BCUT2D eigenvalue weighted by Crippen LogP contribution is 2.26. The summed E-state index contributed by atoms with van der Waals surface area (Å²) >= 11 is 0. The lowest BCUT2D eigenvalue weighted by molar-refractivity contribution is -0.133. The Labute approximate surface area is 83.4 Å². The maximum absolute atomic E-state index is 11.2. The van der Waals surface area contributed by atoms with Gasteiger partial charge in [-0.2, -0.15) is 0 Å². The summed E-state index contributed by atoms with van der Waals surface area (Å²) in [7, 11) is 0. The predicted molar refractivity (Wildman–Crippen MR) is 51.5 cm³/mol. The second-order valence-corrected chi connectivity index (χ2v) is 4.12. The lowest BCUT2D eigenvalue weighted by Gasteiger charge is -2.46. The van der Waals surface area contributed by atoms with Crippen molar-refractivity contribution in [2.45, 2.75) is 31.0 Å². The van der Waals surface area contributed by atoms with Crippen molar-refractivity contribution in [2.75, 3.05) is 19.8 Å². The molecule has 1 aliphatic carbocycles. The first kappa shape index (κ1) is 9.89. The van der Waals surface area contributed by atoms with E-state index in [1.54, 1.807) is 0 Å². The summed E-state index contributed by atoms with van der Waals surface area (Å²) in [5, 5.41) is 0. The Morgan fingerprint density at radius 1 is 1.43 bits per heavy atom. The van der Waals surface area contributed by atoms with Gasteiger partial charge in [0, 0.05) is 18.6 Å². The Bertz CT molecular complexity index is 228. The zero-order chi connectivity index (χ0) is 10.1. The normalized spacial score (nSPS) is 39.1. The number of carbonyl (C=O) groups is 1. The minimum Gasteiger partial charge on any atom is -0.378 e. The summed E-state index contributed by atoms with van der Waals surface area (Å²) in [6.45, 7) is 1.92. The molecule has 0 aromatic heterocycles. The highest BCUT2D eigenvalue weighted by Gasteiger charge is 2.38. The topological polar surface area (TPSA) is 81.6 Å². The largest absolute Gasteiger partial charge is 0.378 e. The molecule has 1 aliphatic heterocycles. The fourth-order valence-corrected chi connectivity index (χ4v) is 2.20. The molecular weight excluding hydrogens is 182 g/mol. The van der Waals surface area contributed by atoms with Crippen molar-refractivity contribution in [1.29, 1.82) is 0 Å². The third-order valence-electron chi connectivity index (χ3n) is 3.12. The van der Waals surface area contributed by atoms with Gasteiger partial charge in [-0.05, 0) is 12.8 Å². The van der Waals surface area contributed by atoms with E-state index in [1.165, 1.54) is 0 Å². The standard InChI is InChI=1S/C9H17N3O2/c10-6-3-7(4-6)12-1-2-14-5-8(12)9(11)13/h6-8H,1-5,10H2,(H2,11,13). The fourth-order valence-electron chi connectivity index (χ4n) is 2.20. The van der Waals surface area contributed by atoms with Crippen LogP contribution in [0.5, 0.6) is 0 Å². The van der Waals surface area contributed by atoms with Crippen molar-refractivity contribution in [3.63, 3.8) is 0 Å². The highest BCUT2D eigenvalue weighted by molar-refractivity contribution is 5.80. The minimum atomic E-state index is -0.287. The molecule has 0 aromatic rings.